The molecule has 1 rings (SSSR count). The zero-order chi connectivity index (χ0) is 14.6. The predicted octanol–water partition coefficient (Wildman–Crippen LogP) is -0.703. The number of carboxylic acids is 1. The highest BCUT2D eigenvalue weighted by Gasteiger charge is 2.30. The van der Waals surface area contributed by atoms with Gasteiger partial charge in [0.25, 0.3) is 0 Å². The van der Waals surface area contributed by atoms with E-state index in [0.29, 0.717) is 12.3 Å². The molecular weight excluding hydrogens is 292 g/mol. The fourth-order valence-electron chi connectivity index (χ4n) is 1.75. The summed E-state index contributed by atoms with van der Waals surface area (Å²) in [7, 11) is -2.08. The van der Waals surface area contributed by atoms with Crippen LogP contribution in [0.15, 0.2) is 0 Å². The molecule has 110 valence electrons. The number of hydrogen-bond acceptors (Lipinski definition) is 5. The van der Waals surface area contributed by atoms with Gasteiger partial charge in [-0.05, 0) is 0 Å². The second kappa shape index (κ2) is 6.58. The van der Waals surface area contributed by atoms with Crippen LogP contribution in [0.3, 0.4) is 0 Å². The molecule has 9 heteroatoms. The second-order valence-electron chi connectivity index (χ2n) is 4.43. The second-order valence-corrected chi connectivity index (χ2v) is 7.67. The molecule has 1 heterocycles. The summed E-state index contributed by atoms with van der Waals surface area (Å²) in [5.41, 5.74) is 0. The highest BCUT2D eigenvalue weighted by Crippen LogP contribution is 2.19. The number of carbonyl (C=O) groups is 2. The van der Waals surface area contributed by atoms with Crippen molar-refractivity contribution in [2.24, 2.45) is 0 Å². The van der Waals surface area contributed by atoms with Gasteiger partial charge in [-0.15, -0.1) is 0 Å². The van der Waals surface area contributed by atoms with Crippen LogP contribution in [0, 0.1) is 0 Å². The Morgan fingerprint density at radius 1 is 1.47 bits per heavy atom. The maximum Gasteiger partial charge on any atom is 0.305 e. The molecule has 0 aromatic rings. The van der Waals surface area contributed by atoms with E-state index < -0.39 is 16.0 Å². The molecule has 0 saturated carbocycles. The van der Waals surface area contributed by atoms with E-state index in [0.717, 1.165) is 16.3 Å². The van der Waals surface area contributed by atoms with E-state index in [1.54, 1.807) is 11.8 Å². The average molecular weight is 310 g/mol. The van der Waals surface area contributed by atoms with Gasteiger partial charge in [-0.3, -0.25) is 9.59 Å². The fraction of sp³-hybridized carbons (Fsp3) is 0.800. The van der Waals surface area contributed by atoms with Crippen molar-refractivity contribution >= 4 is 33.7 Å². The van der Waals surface area contributed by atoms with Crippen LogP contribution in [0.2, 0.25) is 0 Å². The standard InChI is InChI=1S/C10H18N2O5S2/c1-11(19(2,16)17)6-9(13)12-3-4-18-7-8(12)5-10(14)15/h8H,3-7H2,1-2H3,(H,14,15). The fourth-order valence-corrected chi connectivity index (χ4v) is 3.16. The Labute approximate surface area is 117 Å². The summed E-state index contributed by atoms with van der Waals surface area (Å²) in [6.07, 6.45) is 0.919. The van der Waals surface area contributed by atoms with Crippen molar-refractivity contribution in [2.45, 2.75) is 12.5 Å². The molecule has 1 aliphatic heterocycles. The van der Waals surface area contributed by atoms with Crippen LogP contribution in [0.5, 0.6) is 0 Å². The monoisotopic (exact) mass is 310 g/mol. The SMILES string of the molecule is CN(CC(=O)N1CCSCC1CC(=O)O)S(C)(=O)=O. The van der Waals surface area contributed by atoms with Crippen LogP contribution in [0.4, 0.5) is 0 Å². The number of nitrogens with zero attached hydrogens (tertiary/aromatic N) is 2. The van der Waals surface area contributed by atoms with Gasteiger partial charge in [0, 0.05) is 25.1 Å². The maximum absolute atomic E-state index is 12.1. The first-order valence-electron chi connectivity index (χ1n) is 5.72. The summed E-state index contributed by atoms with van der Waals surface area (Å²) in [4.78, 5) is 24.3. The van der Waals surface area contributed by atoms with Crippen molar-refractivity contribution in [3.8, 4) is 0 Å². The van der Waals surface area contributed by atoms with Crippen molar-refractivity contribution in [3.63, 3.8) is 0 Å². The van der Waals surface area contributed by atoms with Gasteiger partial charge in [-0.1, -0.05) is 0 Å². The summed E-state index contributed by atoms with van der Waals surface area (Å²) in [6.45, 7) is 0.207. The molecule has 7 nitrogen and oxygen atoms in total. The van der Waals surface area contributed by atoms with E-state index in [9.17, 15) is 18.0 Å². The summed E-state index contributed by atoms with van der Waals surface area (Å²) in [6, 6.07) is -0.364. The van der Waals surface area contributed by atoms with Gasteiger partial charge in [0.1, 0.15) is 0 Å². The Balaban J connectivity index is 2.69. The first-order valence-corrected chi connectivity index (χ1v) is 8.72. The highest BCUT2D eigenvalue weighted by molar-refractivity contribution is 7.99. The minimum atomic E-state index is -3.41. The molecule has 0 spiro atoms. The number of aliphatic carboxylic acids is 1. The smallest absolute Gasteiger partial charge is 0.305 e. The maximum atomic E-state index is 12.1. The predicted molar refractivity (Wildman–Crippen MR) is 72.6 cm³/mol. The summed E-state index contributed by atoms with van der Waals surface area (Å²) in [5, 5.41) is 8.82. The van der Waals surface area contributed by atoms with Crippen molar-refractivity contribution in [1.82, 2.24) is 9.21 Å². The zero-order valence-corrected chi connectivity index (χ0v) is 12.5. The third-order valence-electron chi connectivity index (χ3n) is 2.88. The van der Waals surface area contributed by atoms with Gasteiger partial charge in [-0.2, -0.15) is 16.1 Å². The molecule has 1 unspecified atom stereocenters. The van der Waals surface area contributed by atoms with Crippen molar-refractivity contribution in [3.05, 3.63) is 0 Å². The van der Waals surface area contributed by atoms with E-state index in [4.69, 9.17) is 5.11 Å². The first kappa shape index (κ1) is 16.3. The van der Waals surface area contributed by atoms with Crippen LogP contribution in [0.25, 0.3) is 0 Å². The lowest BCUT2D eigenvalue weighted by molar-refractivity contribution is -0.140. The highest BCUT2D eigenvalue weighted by atomic mass is 32.2. The summed E-state index contributed by atoms with van der Waals surface area (Å²) in [5.74, 6) is 0.00619. The third-order valence-corrected chi connectivity index (χ3v) is 5.24. The molecule has 1 fully saturated rings. The minimum absolute atomic E-state index is 0.110. The molecule has 1 amide bonds. The van der Waals surface area contributed by atoms with Gasteiger partial charge < -0.3 is 10.0 Å². The molecular formula is C10H18N2O5S2. The Kier molecular flexibility index (Phi) is 5.63. The summed E-state index contributed by atoms with van der Waals surface area (Å²) >= 11 is 1.60. The van der Waals surface area contributed by atoms with Gasteiger partial charge in [0.05, 0.1) is 25.3 Å². The van der Waals surface area contributed by atoms with E-state index in [2.05, 4.69) is 0 Å². The number of hydrogen-bond donors (Lipinski definition) is 1. The minimum Gasteiger partial charge on any atom is -0.481 e. The lowest BCUT2D eigenvalue weighted by Crippen LogP contribution is -2.50. The first-order chi connectivity index (χ1) is 8.71. The Morgan fingerprint density at radius 2 is 2.11 bits per heavy atom. The van der Waals surface area contributed by atoms with Gasteiger partial charge in [0.15, 0.2) is 0 Å². The average Bonchev–Trinajstić information content (AvgIpc) is 2.27. The molecule has 1 atom stereocenters. The van der Waals surface area contributed by atoms with Crippen molar-refractivity contribution in [2.75, 3.05) is 37.9 Å². The molecule has 0 aromatic heterocycles. The number of amides is 1. The number of carboxylic acid groups (broad SMARTS) is 1. The number of rotatable bonds is 5. The van der Waals surface area contributed by atoms with Crippen LogP contribution >= 0.6 is 11.8 Å². The molecule has 0 aromatic carbocycles. The van der Waals surface area contributed by atoms with Gasteiger partial charge in [-0.25, -0.2) is 8.42 Å². The van der Waals surface area contributed by atoms with Crippen molar-refractivity contribution < 1.29 is 23.1 Å². The van der Waals surface area contributed by atoms with Crippen molar-refractivity contribution in [1.29, 1.82) is 0 Å². The number of thioether (sulfide) groups is 1. The van der Waals surface area contributed by atoms with Crippen LogP contribution in [-0.4, -0.2) is 78.5 Å². The topological polar surface area (TPSA) is 95.0 Å². The van der Waals surface area contributed by atoms with Gasteiger partial charge in [0.2, 0.25) is 15.9 Å². The molecule has 1 N–H and O–H groups in total. The van der Waals surface area contributed by atoms with Crippen LogP contribution < -0.4 is 0 Å². The zero-order valence-electron chi connectivity index (χ0n) is 10.9. The van der Waals surface area contributed by atoms with E-state index in [1.165, 1.54) is 11.9 Å². The third kappa shape index (κ3) is 5.00. The lowest BCUT2D eigenvalue weighted by Gasteiger charge is -2.35. The molecule has 1 aliphatic rings. The van der Waals surface area contributed by atoms with Crippen LogP contribution in [-0.2, 0) is 19.6 Å². The van der Waals surface area contributed by atoms with Crippen LogP contribution in [0.1, 0.15) is 6.42 Å². The normalized spacial score (nSPS) is 20.6. The molecule has 0 radical (unpaired) electrons. The Hall–Kier alpha value is -0.800. The lowest BCUT2D eigenvalue weighted by atomic mass is 10.2. The largest absolute Gasteiger partial charge is 0.481 e. The molecule has 0 bridgehead atoms. The van der Waals surface area contributed by atoms with Gasteiger partial charge >= 0.3 is 5.97 Å². The Morgan fingerprint density at radius 3 is 2.63 bits per heavy atom. The van der Waals surface area contributed by atoms with E-state index in [-0.39, 0.29) is 24.9 Å². The molecule has 19 heavy (non-hydrogen) atoms. The van der Waals surface area contributed by atoms with E-state index in [1.807, 2.05) is 0 Å². The molecule has 0 aliphatic carbocycles. The summed E-state index contributed by atoms with van der Waals surface area (Å²) < 4.78 is 23.5. The molecule has 1 saturated heterocycles. The number of carbonyl (C=O) groups excluding carboxylic acids is 1. The van der Waals surface area contributed by atoms with E-state index >= 15 is 0 Å². The Bertz CT molecular complexity index is 451. The quantitative estimate of drug-likeness (QED) is 0.721. The number of likely N-dealkylation sites (N-methyl/N-ethyl adjacent to an activating group) is 1. The number of sulfonamides is 1.